The molecule has 0 aliphatic rings. The number of esters is 1. The van der Waals surface area contributed by atoms with Crippen molar-refractivity contribution in [1.29, 1.82) is 5.26 Å². The van der Waals surface area contributed by atoms with Gasteiger partial charge in [0.05, 0.1) is 24.7 Å². The fraction of sp³-hybridized carbons (Fsp3) is 0.250. The molecule has 0 aliphatic carbocycles. The molecule has 0 spiro atoms. The Morgan fingerprint density at radius 2 is 1.85 bits per heavy atom. The zero-order valence-corrected chi connectivity index (χ0v) is 14.7. The van der Waals surface area contributed by atoms with Crippen LogP contribution in [0.3, 0.4) is 0 Å². The van der Waals surface area contributed by atoms with Crippen molar-refractivity contribution in [3.63, 3.8) is 0 Å². The van der Waals surface area contributed by atoms with E-state index < -0.39 is 18.0 Å². The fourth-order valence-corrected chi connectivity index (χ4v) is 2.14. The zero-order valence-electron chi connectivity index (χ0n) is 14.7. The van der Waals surface area contributed by atoms with Crippen LogP contribution in [-0.2, 0) is 14.3 Å². The van der Waals surface area contributed by atoms with Gasteiger partial charge in [-0.25, -0.2) is 0 Å². The van der Waals surface area contributed by atoms with E-state index in [1.54, 1.807) is 24.3 Å². The summed E-state index contributed by atoms with van der Waals surface area (Å²) in [5.74, 6) is -0.240. The molecule has 1 amide bonds. The van der Waals surface area contributed by atoms with E-state index in [4.69, 9.17) is 14.7 Å². The van der Waals surface area contributed by atoms with Crippen molar-refractivity contribution >= 4 is 17.6 Å². The molecule has 0 fully saturated rings. The third kappa shape index (κ3) is 5.64. The number of nitrogens with one attached hydrogen (secondary N) is 1. The lowest BCUT2D eigenvalue weighted by Crippen LogP contribution is -2.30. The van der Waals surface area contributed by atoms with Crippen molar-refractivity contribution in [2.75, 3.05) is 11.9 Å². The Hall–Kier alpha value is -3.33. The van der Waals surface area contributed by atoms with Crippen molar-refractivity contribution in [2.45, 2.75) is 26.4 Å². The zero-order chi connectivity index (χ0) is 18.9. The smallest absolute Gasteiger partial charge is 0.310 e. The second-order valence-electron chi connectivity index (χ2n) is 5.67. The molecule has 2 aromatic carbocycles. The predicted octanol–water partition coefficient (Wildman–Crippen LogP) is 3.21. The highest BCUT2D eigenvalue weighted by Gasteiger charge is 2.18. The molecule has 0 heterocycles. The number of benzene rings is 2. The van der Waals surface area contributed by atoms with Gasteiger partial charge in [-0.05, 0) is 49.7 Å². The summed E-state index contributed by atoms with van der Waals surface area (Å²) < 4.78 is 10.7. The van der Waals surface area contributed by atoms with Gasteiger partial charge < -0.3 is 14.8 Å². The van der Waals surface area contributed by atoms with Gasteiger partial charge in [-0.1, -0.05) is 18.2 Å². The number of hydrogen-bond acceptors (Lipinski definition) is 5. The maximum Gasteiger partial charge on any atom is 0.310 e. The standard InChI is InChI=1S/C20H20N2O4/c1-14-5-3-4-6-18(14)25-12-11-19(23)26-15(2)20(24)22-17-9-7-16(13-21)8-10-17/h3-10,15H,11-12H2,1-2H3,(H,22,24)/t15-/m0/s1. The summed E-state index contributed by atoms with van der Waals surface area (Å²) in [5.41, 5.74) is 2.01. The lowest BCUT2D eigenvalue weighted by Gasteiger charge is -2.14. The van der Waals surface area contributed by atoms with Gasteiger partial charge >= 0.3 is 5.97 Å². The lowest BCUT2D eigenvalue weighted by molar-refractivity contribution is -0.153. The van der Waals surface area contributed by atoms with Crippen LogP contribution < -0.4 is 10.1 Å². The van der Waals surface area contributed by atoms with Crippen LogP contribution in [0.2, 0.25) is 0 Å². The van der Waals surface area contributed by atoms with Crippen LogP contribution in [-0.4, -0.2) is 24.6 Å². The average molecular weight is 352 g/mol. The molecule has 0 bridgehead atoms. The number of hydrogen-bond donors (Lipinski definition) is 1. The van der Waals surface area contributed by atoms with Gasteiger partial charge in [-0.3, -0.25) is 9.59 Å². The molecule has 1 N–H and O–H groups in total. The molecule has 0 aromatic heterocycles. The summed E-state index contributed by atoms with van der Waals surface area (Å²) in [6, 6.07) is 15.9. The number of rotatable bonds is 7. The number of ether oxygens (including phenoxy) is 2. The molecule has 26 heavy (non-hydrogen) atoms. The Morgan fingerprint density at radius 3 is 2.50 bits per heavy atom. The van der Waals surface area contributed by atoms with E-state index in [-0.39, 0.29) is 13.0 Å². The first-order valence-corrected chi connectivity index (χ1v) is 8.18. The number of carbonyl (C=O) groups excluding carboxylic acids is 2. The molecule has 6 heteroatoms. The Kier molecular flexibility index (Phi) is 6.75. The number of para-hydroxylation sites is 1. The van der Waals surface area contributed by atoms with E-state index >= 15 is 0 Å². The third-order valence-corrected chi connectivity index (χ3v) is 3.62. The van der Waals surface area contributed by atoms with E-state index in [2.05, 4.69) is 5.32 Å². The van der Waals surface area contributed by atoms with Gasteiger partial charge in [0.25, 0.3) is 5.91 Å². The molecule has 0 aliphatic heterocycles. The minimum Gasteiger partial charge on any atom is -0.493 e. The Balaban J connectivity index is 1.76. The Labute approximate surface area is 152 Å². The average Bonchev–Trinajstić information content (AvgIpc) is 2.64. The molecule has 6 nitrogen and oxygen atoms in total. The third-order valence-electron chi connectivity index (χ3n) is 3.62. The topological polar surface area (TPSA) is 88.4 Å². The number of nitriles is 1. The van der Waals surface area contributed by atoms with Crippen LogP contribution in [0.4, 0.5) is 5.69 Å². The minimum atomic E-state index is -0.934. The normalized spacial score (nSPS) is 11.1. The second-order valence-corrected chi connectivity index (χ2v) is 5.67. The van der Waals surface area contributed by atoms with Gasteiger partial charge in [0, 0.05) is 5.69 Å². The van der Waals surface area contributed by atoms with Crippen LogP contribution in [0.25, 0.3) is 0 Å². The number of aryl methyl sites for hydroxylation is 1. The van der Waals surface area contributed by atoms with E-state index in [0.29, 0.717) is 17.0 Å². The van der Waals surface area contributed by atoms with Gasteiger partial charge in [0.2, 0.25) is 0 Å². The summed E-state index contributed by atoms with van der Waals surface area (Å²) in [6.07, 6.45) is -0.889. The van der Waals surface area contributed by atoms with E-state index in [9.17, 15) is 9.59 Å². The Bertz CT molecular complexity index is 809. The lowest BCUT2D eigenvalue weighted by atomic mass is 10.2. The highest BCUT2D eigenvalue weighted by molar-refractivity contribution is 5.95. The van der Waals surface area contributed by atoms with Crippen molar-refractivity contribution in [2.24, 2.45) is 0 Å². The first-order valence-electron chi connectivity index (χ1n) is 8.18. The summed E-state index contributed by atoms with van der Waals surface area (Å²) in [6.45, 7) is 3.59. The van der Waals surface area contributed by atoms with Crippen LogP contribution in [0.5, 0.6) is 5.75 Å². The van der Waals surface area contributed by atoms with Gasteiger partial charge in [-0.15, -0.1) is 0 Å². The first kappa shape index (κ1) is 19.0. The molecular weight excluding hydrogens is 332 g/mol. The van der Waals surface area contributed by atoms with E-state index in [1.165, 1.54) is 6.92 Å². The van der Waals surface area contributed by atoms with Crippen LogP contribution >= 0.6 is 0 Å². The van der Waals surface area contributed by atoms with Crippen LogP contribution in [0.1, 0.15) is 24.5 Å². The summed E-state index contributed by atoms with van der Waals surface area (Å²) in [5, 5.41) is 11.4. The summed E-state index contributed by atoms with van der Waals surface area (Å²) >= 11 is 0. The van der Waals surface area contributed by atoms with Crippen molar-refractivity contribution in [3.05, 3.63) is 59.7 Å². The largest absolute Gasteiger partial charge is 0.493 e. The van der Waals surface area contributed by atoms with Crippen molar-refractivity contribution in [3.8, 4) is 11.8 Å². The Morgan fingerprint density at radius 1 is 1.15 bits per heavy atom. The van der Waals surface area contributed by atoms with Crippen LogP contribution in [0.15, 0.2) is 48.5 Å². The highest BCUT2D eigenvalue weighted by atomic mass is 16.5. The number of nitrogens with zero attached hydrogens (tertiary/aromatic N) is 1. The van der Waals surface area contributed by atoms with Gasteiger partial charge in [0.15, 0.2) is 6.10 Å². The monoisotopic (exact) mass is 352 g/mol. The number of anilines is 1. The molecule has 2 aromatic rings. The molecule has 1 atom stereocenters. The summed E-state index contributed by atoms with van der Waals surface area (Å²) in [4.78, 5) is 23.9. The fourth-order valence-electron chi connectivity index (χ4n) is 2.14. The maximum absolute atomic E-state index is 12.1. The summed E-state index contributed by atoms with van der Waals surface area (Å²) in [7, 11) is 0. The SMILES string of the molecule is Cc1ccccc1OCCC(=O)O[C@@H](C)C(=O)Nc1ccc(C#N)cc1. The molecule has 2 rings (SSSR count). The second kappa shape index (κ2) is 9.23. The van der Waals surface area contributed by atoms with Crippen molar-refractivity contribution < 1.29 is 19.1 Å². The first-order chi connectivity index (χ1) is 12.5. The molecular formula is C20H20N2O4. The number of carbonyl (C=O) groups is 2. The van der Waals surface area contributed by atoms with E-state index in [0.717, 1.165) is 5.56 Å². The van der Waals surface area contributed by atoms with Crippen LogP contribution in [0, 0.1) is 18.3 Å². The molecule has 134 valence electrons. The van der Waals surface area contributed by atoms with Gasteiger partial charge in [0.1, 0.15) is 5.75 Å². The quantitative estimate of drug-likeness (QED) is 0.773. The molecule has 0 radical (unpaired) electrons. The minimum absolute atomic E-state index is 0.0445. The predicted molar refractivity (Wildman–Crippen MR) is 96.6 cm³/mol. The van der Waals surface area contributed by atoms with E-state index in [1.807, 2.05) is 37.3 Å². The molecule has 0 unspecified atom stereocenters. The maximum atomic E-state index is 12.1. The molecule has 0 saturated heterocycles. The highest BCUT2D eigenvalue weighted by Crippen LogP contribution is 2.16. The van der Waals surface area contributed by atoms with Gasteiger partial charge in [-0.2, -0.15) is 5.26 Å². The van der Waals surface area contributed by atoms with Crippen molar-refractivity contribution in [1.82, 2.24) is 0 Å². The molecule has 0 saturated carbocycles. The number of amides is 1.